The molecule has 0 bridgehead atoms. The number of benzene rings is 1. The van der Waals surface area contributed by atoms with E-state index in [9.17, 15) is 0 Å². The normalized spacial score (nSPS) is 13.6. The van der Waals surface area contributed by atoms with Gasteiger partial charge in [0.1, 0.15) is 0 Å². The summed E-state index contributed by atoms with van der Waals surface area (Å²) in [5.41, 5.74) is 1.34. The Kier molecular flexibility index (Phi) is 2.91. The van der Waals surface area contributed by atoms with Gasteiger partial charge in [0.25, 0.3) is 0 Å². The average molecular weight is 145 g/mol. The van der Waals surface area contributed by atoms with Crippen molar-refractivity contribution < 1.29 is 0 Å². The smallest absolute Gasteiger partial charge is 0.00104 e. The molecule has 0 aromatic heterocycles. The van der Waals surface area contributed by atoms with Gasteiger partial charge < -0.3 is 0 Å². The summed E-state index contributed by atoms with van der Waals surface area (Å²) in [5.74, 6) is 0.480. The van der Waals surface area contributed by atoms with Crippen LogP contribution >= 0.6 is 0 Å². The maximum atomic E-state index is 3.67. The molecule has 0 aliphatic carbocycles. The summed E-state index contributed by atoms with van der Waals surface area (Å²) in [6, 6.07) is 10.4. The van der Waals surface area contributed by atoms with Crippen molar-refractivity contribution in [3.63, 3.8) is 0 Å². The summed E-state index contributed by atoms with van der Waals surface area (Å²) in [6.45, 7) is 5.83. The van der Waals surface area contributed by atoms with Crippen molar-refractivity contribution in [3.05, 3.63) is 55.0 Å². The molecular formula is C11H13. The van der Waals surface area contributed by atoms with Gasteiger partial charge in [0.2, 0.25) is 0 Å². The molecule has 1 rings (SSSR count). The van der Waals surface area contributed by atoms with Gasteiger partial charge in [0, 0.05) is 0 Å². The Bertz CT molecular complexity index is 221. The van der Waals surface area contributed by atoms with Crippen LogP contribution in [0, 0.1) is 6.92 Å². The number of hydrogen-bond donors (Lipinski definition) is 0. The fourth-order valence-electron chi connectivity index (χ4n) is 1.07. The highest BCUT2D eigenvalue weighted by molar-refractivity contribution is 5.22. The lowest BCUT2D eigenvalue weighted by Gasteiger charge is -2.04. The van der Waals surface area contributed by atoms with E-state index in [2.05, 4.69) is 44.2 Å². The Morgan fingerprint density at radius 2 is 1.91 bits per heavy atom. The quantitative estimate of drug-likeness (QED) is 0.599. The van der Waals surface area contributed by atoms with E-state index < -0.39 is 0 Å². The highest BCUT2D eigenvalue weighted by atomic mass is 14.0. The molecule has 11 heavy (non-hydrogen) atoms. The lowest BCUT2D eigenvalue weighted by Crippen LogP contribution is -1.86. The van der Waals surface area contributed by atoms with E-state index in [0.29, 0.717) is 5.92 Å². The first-order valence-corrected chi connectivity index (χ1v) is 3.85. The van der Waals surface area contributed by atoms with Gasteiger partial charge in [-0.3, -0.25) is 0 Å². The van der Waals surface area contributed by atoms with E-state index in [1.54, 1.807) is 0 Å². The molecule has 1 aromatic carbocycles. The van der Waals surface area contributed by atoms with Gasteiger partial charge in [0.15, 0.2) is 0 Å². The third-order valence-corrected chi connectivity index (χ3v) is 1.75. The summed E-state index contributed by atoms with van der Waals surface area (Å²) in [6.07, 6.45) is 3.94. The first-order chi connectivity index (χ1) is 5.34. The van der Waals surface area contributed by atoms with Crippen molar-refractivity contribution in [1.82, 2.24) is 0 Å². The van der Waals surface area contributed by atoms with Crippen molar-refractivity contribution in [3.8, 4) is 0 Å². The van der Waals surface area contributed by atoms with E-state index >= 15 is 0 Å². The van der Waals surface area contributed by atoms with Gasteiger partial charge >= 0.3 is 0 Å². The van der Waals surface area contributed by atoms with Gasteiger partial charge in [0.05, 0.1) is 0 Å². The monoisotopic (exact) mass is 145 g/mol. The summed E-state index contributed by atoms with van der Waals surface area (Å²) in [7, 11) is 0. The van der Waals surface area contributed by atoms with Gasteiger partial charge in [-0.25, -0.2) is 0 Å². The standard InChI is InChI=1S/C11H13/c1-3-7-10(2)11-8-5-4-6-9-11/h3-10H,1H2,2H3/b7-3+. The lowest BCUT2D eigenvalue weighted by atomic mass is 10.0. The van der Waals surface area contributed by atoms with E-state index in [1.165, 1.54) is 5.56 Å². The van der Waals surface area contributed by atoms with Crippen LogP contribution in [-0.2, 0) is 0 Å². The summed E-state index contributed by atoms with van der Waals surface area (Å²) in [4.78, 5) is 0. The van der Waals surface area contributed by atoms with Crippen LogP contribution < -0.4 is 0 Å². The fraction of sp³-hybridized carbons (Fsp3) is 0.182. The molecule has 0 heterocycles. The topological polar surface area (TPSA) is 0 Å². The lowest BCUT2D eigenvalue weighted by molar-refractivity contribution is 0.968. The van der Waals surface area contributed by atoms with Crippen molar-refractivity contribution in [2.75, 3.05) is 0 Å². The maximum absolute atomic E-state index is 3.67. The second-order valence-electron chi connectivity index (χ2n) is 2.63. The number of rotatable bonds is 2. The predicted octanol–water partition coefficient (Wildman–Crippen LogP) is 3.18. The van der Waals surface area contributed by atoms with E-state index in [1.807, 2.05) is 12.1 Å². The van der Waals surface area contributed by atoms with Crippen molar-refractivity contribution >= 4 is 0 Å². The Hall–Kier alpha value is -1.04. The Labute approximate surface area is 68.6 Å². The maximum Gasteiger partial charge on any atom is -0.00104 e. The first-order valence-electron chi connectivity index (χ1n) is 3.85. The van der Waals surface area contributed by atoms with Crippen molar-refractivity contribution in [2.24, 2.45) is 0 Å². The Balaban J connectivity index is 2.76. The molecule has 0 nitrogen and oxygen atoms in total. The minimum atomic E-state index is 0.480. The summed E-state index contributed by atoms with van der Waals surface area (Å²) in [5, 5.41) is 0. The Morgan fingerprint density at radius 3 is 2.45 bits per heavy atom. The molecule has 0 spiro atoms. The molecule has 0 saturated heterocycles. The molecule has 1 radical (unpaired) electrons. The van der Waals surface area contributed by atoms with Crippen molar-refractivity contribution in [2.45, 2.75) is 12.8 Å². The molecule has 1 atom stereocenters. The molecule has 1 unspecified atom stereocenters. The molecule has 0 saturated carbocycles. The second kappa shape index (κ2) is 3.97. The van der Waals surface area contributed by atoms with E-state index in [0.717, 1.165) is 0 Å². The molecule has 57 valence electrons. The first kappa shape index (κ1) is 8.06. The zero-order valence-electron chi connectivity index (χ0n) is 6.83. The molecule has 0 amide bonds. The van der Waals surface area contributed by atoms with Crippen LogP contribution in [0.2, 0.25) is 0 Å². The van der Waals surface area contributed by atoms with Gasteiger partial charge in [-0.15, -0.1) is 0 Å². The molecule has 0 aliphatic rings. The number of allylic oxidation sites excluding steroid dienone is 2. The van der Waals surface area contributed by atoms with Gasteiger partial charge in [-0.2, -0.15) is 0 Å². The van der Waals surface area contributed by atoms with Gasteiger partial charge in [-0.05, 0) is 18.4 Å². The van der Waals surface area contributed by atoms with Crippen LogP contribution in [0.1, 0.15) is 18.4 Å². The molecular weight excluding hydrogens is 132 g/mol. The van der Waals surface area contributed by atoms with Crippen LogP contribution in [0.25, 0.3) is 0 Å². The molecule has 0 N–H and O–H groups in total. The Morgan fingerprint density at radius 1 is 1.27 bits per heavy atom. The minimum absolute atomic E-state index is 0.480. The molecule has 0 heteroatoms. The third kappa shape index (κ3) is 2.23. The van der Waals surface area contributed by atoms with Crippen molar-refractivity contribution in [1.29, 1.82) is 0 Å². The molecule has 0 aliphatic heterocycles. The zero-order chi connectivity index (χ0) is 8.10. The fourth-order valence-corrected chi connectivity index (χ4v) is 1.07. The zero-order valence-corrected chi connectivity index (χ0v) is 6.83. The second-order valence-corrected chi connectivity index (χ2v) is 2.63. The highest BCUT2D eigenvalue weighted by Gasteiger charge is 1.97. The van der Waals surface area contributed by atoms with Crippen LogP contribution in [0.15, 0.2) is 42.5 Å². The van der Waals surface area contributed by atoms with E-state index in [4.69, 9.17) is 0 Å². The molecule has 1 aromatic rings. The van der Waals surface area contributed by atoms with Crippen LogP contribution in [0.5, 0.6) is 0 Å². The van der Waals surface area contributed by atoms with Gasteiger partial charge in [-0.1, -0.05) is 49.4 Å². The minimum Gasteiger partial charge on any atom is -0.0876 e. The van der Waals surface area contributed by atoms with Crippen LogP contribution in [0.3, 0.4) is 0 Å². The summed E-state index contributed by atoms with van der Waals surface area (Å²) < 4.78 is 0. The number of hydrogen-bond acceptors (Lipinski definition) is 0. The van der Waals surface area contributed by atoms with Crippen LogP contribution in [0.4, 0.5) is 0 Å². The summed E-state index contributed by atoms with van der Waals surface area (Å²) >= 11 is 0. The van der Waals surface area contributed by atoms with E-state index in [-0.39, 0.29) is 0 Å². The average Bonchev–Trinajstić information content (AvgIpc) is 2.07. The SMILES string of the molecule is [CH2]/C=C/C(C)c1ccccc1. The van der Waals surface area contributed by atoms with Crippen LogP contribution in [-0.4, -0.2) is 0 Å². The predicted molar refractivity (Wildman–Crippen MR) is 49.4 cm³/mol. The molecule has 0 fully saturated rings. The largest absolute Gasteiger partial charge is 0.0876 e. The highest BCUT2D eigenvalue weighted by Crippen LogP contribution is 2.14. The third-order valence-electron chi connectivity index (χ3n) is 1.75.